The van der Waals surface area contributed by atoms with Gasteiger partial charge in [0.1, 0.15) is 0 Å². The Morgan fingerprint density at radius 2 is 1.82 bits per heavy atom. The van der Waals surface area contributed by atoms with E-state index in [1.54, 1.807) is 11.6 Å². The lowest BCUT2D eigenvalue weighted by Gasteiger charge is -2.00. The number of methoxy groups -OCH3 is 1. The number of benzene rings is 3. The number of rotatable bonds is 2. The predicted octanol–water partition coefficient (Wildman–Crippen LogP) is 3.64. The Balaban J connectivity index is 2.09. The molecular formula is C18H15N3O. The van der Waals surface area contributed by atoms with Crippen molar-refractivity contribution in [3.8, 4) is 5.75 Å². The van der Waals surface area contributed by atoms with Crippen molar-refractivity contribution in [2.75, 3.05) is 7.11 Å². The molecular weight excluding hydrogens is 274 g/mol. The molecule has 0 radical (unpaired) electrons. The van der Waals surface area contributed by atoms with Crippen molar-refractivity contribution < 1.29 is 9.22 Å². The van der Waals surface area contributed by atoms with Crippen LogP contribution < -0.4 is 14.3 Å². The van der Waals surface area contributed by atoms with Crippen LogP contribution in [0.5, 0.6) is 5.75 Å². The second-order valence-electron chi connectivity index (χ2n) is 5.32. The zero-order chi connectivity index (χ0) is 15.1. The summed E-state index contributed by atoms with van der Waals surface area (Å²) in [6.07, 6.45) is 0. The minimum Gasteiger partial charge on any atom is -0.490 e. The van der Waals surface area contributed by atoms with E-state index in [0.29, 0.717) is 0 Å². The van der Waals surface area contributed by atoms with E-state index in [0.717, 1.165) is 33.2 Å². The molecule has 3 aromatic carbocycles. The highest BCUT2D eigenvalue weighted by Gasteiger charge is 2.15. The fourth-order valence-corrected chi connectivity index (χ4v) is 2.71. The monoisotopic (exact) mass is 289 g/mol. The van der Waals surface area contributed by atoms with Crippen LogP contribution in [0.1, 0.15) is 5.56 Å². The van der Waals surface area contributed by atoms with E-state index < -0.39 is 0 Å². The van der Waals surface area contributed by atoms with Gasteiger partial charge < -0.3 is 4.74 Å². The SMILES string of the molecule is COc1ccc2cccc3[n-][n+](=Nc4ccc(C)cc4)c1c23. The fourth-order valence-electron chi connectivity index (χ4n) is 2.71. The van der Waals surface area contributed by atoms with Gasteiger partial charge in [0.05, 0.1) is 12.5 Å². The van der Waals surface area contributed by atoms with Gasteiger partial charge in [-0.25, -0.2) is 0 Å². The van der Waals surface area contributed by atoms with Crippen LogP contribution in [0.2, 0.25) is 0 Å². The first-order valence-corrected chi connectivity index (χ1v) is 7.16. The average Bonchev–Trinajstić information content (AvgIpc) is 2.91. The zero-order valence-electron chi connectivity index (χ0n) is 12.4. The van der Waals surface area contributed by atoms with Crippen molar-refractivity contribution in [1.29, 1.82) is 0 Å². The summed E-state index contributed by atoms with van der Waals surface area (Å²) in [6, 6.07) is 18.1. The molecule has 0 aliphatic carbocycles. The van der Waals surface area contributed by atoms with Crippen molar-refractivity contribution in [3.05, 3.63) is 60.2 Å². The van der Waals surface area contributed by atoms with Crippen LogP contribution in [0.25, 0.3) is 21.8 Å². The summed E-state index contributed by atoms with van der Waals surface area (Å²) in [7, 11) is 1.67. The van der Waals surface area contributed by atoms with Crippen molar-refractivity contribution in [1.82, 2.24) is 5.10 Å². The molecule has 0 spiro atoms. The van der Waals surface area contributed by atoms with Gasteiger partial charge in [0, 0.05) is 11.2 Å². The highest BCUT2D eigenvalue weighted by molar-refractivity contribution is 6.07. The van der Waals surface area contributed by atoms with E-state index in [-0.39, 0.29) is 0 Å². The van der Waals surface area contributed by atoms with Crippen LogP contribution in [0.15, 0.2) is 59.7 Å². The maximum absolute atomic E-state index is 5.50. The molecule has 0 aliphatic rings. The molecule has 0 saturated heterocycles. The first kappa shape index (κ1) is 12.8. The first-order chi connectivity index (χ1) is 10.8. The molecule has 1 aromatic heterocycles. The number of nitrogens with zero attached hydrogens (tertiary/aromatic N) is 3. The number of aromatic nitrogens is 2. The van der Waals surface area contributed by atoms with E-state index in [9.17, 15) is 0 Å². The van der Waals surface area contributed by atoms with E-state index in [2.05, 4.69) is 23.2 Å². The maximum atomic E-state index is 5.50. The van der Waals surface area contributed by atoms with Gasteiger partial charge >= 0.3 is 0 Å². The number of aryl methyl sites for hydroxylation is 1. The Labute approximate surface area is 127 Å². The standard InChI is InChI=1S/C18H15N3O/c1-12-6-9-14(10-7-12)19-21-18-16(22-2)11-8-13-4-3-5-15(20-21)17(13)18/h3-11H,1-2H3. The summed E-state index contributed by atoms with van der Waals surface area (Å²) in [4.78, 5) is 0. The molecule has 0 aliphatic heterocycles. The van der Waals surface area contributed by atoms with Crippen LogP contribution in [0, 0.1) is 6.92 Å². The Kier molecular flexibility index (Phi) is 2.82. The van der Waals surface area contributed by atoms with Crippen molar-refractivity contribution in [3.63, 3.8) is 0 Å². The van der Waals surface area contributed by atoms with Crippen LogP contribution in [0.3, 0.4) is 0 Å². The topological polar surface area (TPSA) is 41.6 Å². The third-order valence-corrected chi connectivity index (χ3v) is 3.83. The van der Waals surface area contributed by atoms with Crippen molar-refractivity contribution >= 4 is 27.5 Å². The van der Waals surface area contributed by atoms with E-state index in [4.69, 9.17) is 4.74 Å². The van der Waals surface area contributed by atoms with Crippen LogP contribution in [-0.2, 0) is 0 Å². The highest BCUT2D eigenvalue weighted by Crippen LogP contribution is 2.29. The average molecular weight is 289 g/mol. The van der Waals surface area contributed by atoms with E-state index in [1.165, 1.54) is 5.56 Å². The molecule has 0 N–H and O–H groups in total. The van der Waals surface area contributed by atoms with Crippen molar-refractivity contribution in [2.24, 2.45) is 5.11 Å². The van der Waals surface area contributed by atoms with Gasteiger partial charge in [-0.1, -0.05) is 54.1 Å². The summed E-state index contributed by atoms with van der Waals surface area (Å²) in [5.74, 6) is 0.775. The van der Waals surface area contributed by atoms with Gasteiger partial charge in [0.25, 0.3) is 5.52 Å². The third kappa shape index (κ3) is 1.92. The lowest BCUT2D eigenvalue weighted by Crippen LogP contribution is -2.19. The fraction of sp³-hybridized carbons (Fsp3) is 0.111. The summed E-state index contributed by atoms with van der Waals surface area (Å²) in [5, 5.41) is 11.5. The second-order valence-corrected chi connectivity index (χ2v) is 5.32. The van der Waals surface area contributed by atoms with E-state index >= 15 is 0 Å². The number of hydrogen-bond acceptors (Lipinski definition) is 2. The lowest BCUT2D eigenvalue weighted by molar-refractivity contribution is -0.581. The minimum absolute atomic E-state index is 0.775. The molecule has 0 saturated carbocycles. The van der Waals surface area contributed by atoms with Gasteiger partial charge in [-0.15, -0.1) is 4.48 Å². The van der Waals surface area contributed by atoms with Gasteiger partial charge in [0.15, 0.2) is 5.75 Å². The molecule has 1 heterocycles. The van der Waals surface area contributed by atoms with Crippen LogP contribution >= 0.6 is 0 Å². The Morgan fingerprint density at radius 3 is 2.59 bits per heavy atom. The van der Waals surface area contributed by atoms with Gasteiger partial charge in [-0.05, 0) is 18.4 Å². The number of ether oxygens (including phenoxy) is 1. The third-order valence-electron chi connectivity index (χ3n) is 3.83. The molecule has 4 nitrogen and oxygen atoms in total. The molecule has 0 atom stereocenters. The summed E-state index contributed by atoms with van der Waals surface area (Å²) < 4.78 is 7.17. The normalized spacial score (nSPS) is 12.4. The largest absolute Gasteiger partial charge is 0.490 e. The van der Waals surface area contributed by atoms with Gasteiger partial charge in [-0.3, -0.25) is 0 Å². The second kappa shape index (κ2) is 4.84. The lowest BCUT2D eigenvalue weighted by atomic mass is 10.1. The molecule has 0 bridgehead atoms. The summed E-state index contributed by atoms with van der Waals surface area (Å²) in [6.45, 7) is 2.06. The Bertz CT molecular complexity index is 1020. The molecule has 4 heteroatoms. The molecule has 0 unspecified atom stereocenters. The molecule has 108 valence electrons. The minimum atomic E-state index is 0.775. The van der Waals surface area contributed by atoms with Crippen molar-refractivity contribution in [2.45, 2.75) is 6.92 Å². The van der Waals surface area contributed by atoms with Gasteiger partial charge in [-0.2, -0.15) is 10.2 Å². The Hall–Kier alpha value is -2.88. The molecule has 4 aromatic rings. The van der Waals surface area contributed by atoms with Crippen LogP contribution in [-0.4, -0.2) is 7.11 Å². The first-order valence-electron chi connectivity index (χ1n) is 7.16. The molecule has 0 fully saturated rings. The quantitative estimate of drug-likeness (QED) is 0.529. The smallest absolute Gasteiger partial charge is 0.275 e. The zero-order valence-corrected chi connectivity index (χ0v) is 12.4. The summed E-state index contributed by atoms with van der Waals surface area (Å²) in [5.41, 5.74) is 3.89. The predicted molar refractivity (Wildman–Crippen MR) is 85.8 cm³/mol. The molecule has 4 rings (SSSR count). The van der Waals surface area contributed by atoms with E-state index in [1.807, 2.05) is 48.5 Å². The Morgan fingerprint density at radius 1 is 1.00 bits per heavy atom. The molecule has 22 heavy (non-hydrogen) atoms. The molecule has 0 amide bonds. The van der Waals surface area contributed by atoms with Gasteiger partial charge in [0.2, 0.25) is 0 Å². The highest BCUT2D eigenvalue weighted by atomic mass is 16.5. The number of hydrogen-bond donors (Lipinski definition) is 0. The maximum Gasteiger partial charge on any atom is 0.275 e. The van der Waals surface area contributed by atoms with Crippen LogP contribution in [0.4, 0.5) is 5.69 Å². The summed E-state index contributed by atoms with van der Waals surface area (Å²) >= 11 is 0.